The van der Waals surface area contributed by atoms with E-state index in [-0.39, 0.29) is 19.1 Å². The molecule has 0 saturated heterocycles. The number of nitrogens with one attached hydrogen (secondary N) is 1. The Balaban J connectivity index is 1.23. The van der Waals surface area contributed by atoms with Crippen molar-refractivity contribution >= 4 is 34.4 Å². The number of rotatable bonds is 8. The van der Waals surface area contributed by atoms with Crippen molar-refractivity contribution in [2.24, 2.45) is 0 Å². The third kappa shape index (κ3) is 5.82. The summed E-state index contributed by atoms with van der Waals surface area (Å²) in [5.74, 6) is 0.0932. The number of aryl methyl sites for hydroxylation is 4. The Morgan fingerprint density at radius 3 is 2.54 bits per heavy atom. The normalized spacial score (nSPS) is 12.7. The minimum absolute atomic E-state index is 0.157. The highest BCUT2D eigenvalue weighted by Crippen LogP contribution is 2.33. The van der Waals surface area contributed by atoms with Crippen LogP contribution in [0.1, 0.15) is 35.3 Å². The van der Waals surface area contributed by atoms with E-state index >= 15 is 0 Å². The average Bonchev–Trinajstić information content (AvgIpc) is 3.21. The number of para-hydroxylation sites is 1. The van der Waals surface area contributed by atoms with Crippen molar-refractivity contribution in [3.8, 4) is 5.75 Å². The molecule has 8 heteroatoms. The summed E-state index contributed by atoms with van der Waals surface area (Å²) in [4.78, 5) is 38.0. The van der Waals surface area contributed by atoms with E-state index in [0.717, 1.165) is 59.2 Å². The summed E-state index contributed by atoms with van der Waals surface area (Å²) in [5.41, 5.74) is 4.65. The summed E-state index contributed by atoms with van der Waals surface area (Å²) in [6.45, 7) is 2.86. The van der Waals surface area contributed by atoms with Gasteiger partial charge in [0.2, 0.25) is 5.91 Å². The standard InChI is InChI=1S/C27H30N2O6/c1-17-7-6-8-18(2)27(17)28-24(30)14-29(3)25(31)15-34-26(32)16-33-19-11-12-23-21(13-19)20-9-4-5-10-22(20)35-23/h6-8,11-13H,4-5,9-10,14-16H2,1-3H3,(H,28,30). The van der Waals surface area contributed by atoms with Gasteiger partial charge >= 0.3 is 5.97 Å². The van der Waals surface area contributed by atoms with Crippen LogP contribution in [0, 0.1) is 13.8 Å². The van der Waals surface area contributed by atoms with Gasteiger partial charge in [-0.15, -0.1) is 0 Å². The van der Waals surface area contributed by atoms with Gasteiger partial charge in [-0.05, 0) is 62.4 Å². The molecule has 0 bridgehead atoms. The van der Waals surface area contributed by atoms with Crippen molar-refractivity contribution < 1.29 is 28.3 Å². The van der Waals surface area contributed by atoms with Gasteiger partial charge in [-0.1, -0.05) is 18.2 Å². The van der Waals surface area contributed by atoms with E-state index in [1.807, 2.05) is 44.2 Å². The van der Waals surface area contributed by atoms with Gasteiger partial charge in [-0.25, -0.2) is 4.79 Å². The number of benzene rings is 2. The molecule has 2 amide bonds. The topological polar surface area (TPSA) is 98.1 Å². The number of furan rings is 1. The number of esters is 1. The highest BCUT2D eigenvalue weighted by atomic mass is 16.6. The summed E-state index contributed by atoms with van der Waals surface area (Å²) in [6, 6.07) is 11.2. The van der Waals surface area contributed by atoms with E-state index < -0.39 is 18.5 Å². The van der Waals surface area contributed by atoms with Crippen LogP contribution < -0.4 is 10.1 Å². The molecule has 35 heavy (non-hydrogen) atoms. The molecule has 3 aromatic rings. The average molecular weight is 479 g/mol. The van der Waals surface area contributed by atoms with Gasteiger partial charge in [-0.3, -0.25) is 9.59 Å². The maximum absolute atomic E-state index is 12.4. The number of fused-ring (bicyclic) bond motifs is 3. The Hall–Kier alpha value is -3.81. The third-order valence-corrected chi connectivity index (χ3v) is 6.19. The Morgan fingerprint density at radius 2 is 1.77 bits per heavy atom. The number of nitrogens with zero attached hydrogens (tertiary/aromatic N) is 1. The van der Waals surface area contributed by atoms with Crippen molar-refractivity contribution in [1.29, 1.82) is 0 Å². The van der Waals surface area contributed by atoms with E-state index in [1.54, 1.807) is 6.07 Å². The van der Waals surface area contributed by atoms with Crippen LogP contribution in [0.4, 0.5) is 5.69 Å². The highest BCUT2D eigenvalue weighted by molar-refractivity contribution is 5.96. The molecule has 0 saturated carbocycles. The van der Waals surface area contributed by atoms with Gasteiger partial charge in [0, 0.05) is 30.1 Å². The predicted octanol–water partition coefficient (Wildman–Crippen LogP) is 3.95. The molecule has 4 rings (SSSR count). The zero-order valence-electron chi connectivity index (χ0n) is 20.3. The van der Waals surface area contributed by atoms with Crippen LogP contribution >= 0.6 is 0 Å². The summed E-state index contributed by atoms with van der Waals surface area (Å²) >= 11 is 0. The molecule has 0 radical (unpaired) electrons. The SMILES string of the molecule is Cc1cccc(C)c1NC(=O)CN(C)C(=O)COC(=O)COc1ccc2oc3c(c2c1)CCCC3. The first-order chi connectivity index (χ1) is 16.8. The Labute approximate surface area is 204 Å². The fourth-order valence-electron chi connectivity index (χ4n) is 4.26. The van der Waals surface area contributed by atoms with E-state index in [9.17, 15) is 14.4 Å². The molecule has 2 aromatic carbocycles. The van der Waals surface area contributed by atoms with Crippen LogP contribution in [0.25, 0.3) is 11.0 Å². The Morgan fingerprint density at radius 1 is 1.03 bits per heavy atom. The van der Waals surface area contributed by atoms with Gasteiger partial charge in [0.15, 0.2) is 13.2 Å². The first-order valence-electron chi connectivity index (χ1n) is 11.7. The van der Waals surface area contributed by atoms with Gasteiger partial charge in [0.25, 0.3) is 5.91 Å². The summed E-state index contributed by atoms with van der Waals surface area (Å²) < 4.78 is 16.5. The maximum Gasteiger partial charge on any atom is 0.344 e. The second-order valence-electron chi connectivity index (χ2n) is 8.88. The molecule has 0 fully saturated rings. The molecule has 1 aliphatic carbocycles. The van der Waals surface area contributed by atoms with Crippen molar-refractivity contribution in [2.75, 3.05) is 32.1 Å². The maximum atomic E-state index is 12.4. The third-order valence-electron chi connectivity index (χ3n) is 6.19. The molecule has 184 valence electrons. The highest BCUT2D eigenvalue weighted by Gasteiger charge is 2.19. The number of likely N-dealkylation sites (N-methyl/N-ethyl adjacent to an activating group) is 1. The van der Waals surface area contributed by atoms with Crippen molar-refractivity contribution in [1.82, 2.24) is 4.90 Å². The van der Waals surface area contributed by atoms with Crippen LogP contribution in [-0.4, -0.2) is 49.5 Å². The molecule has 8 nitrogen and oxygen atoms in total. The lowest BCUT2D eigenvalue weighted by Crippen LogP contribution is -2.38. The number of carbonyl (C=O) groups excluding carboxylic acids is 3. The molecule has 1 N–H and O–H groups in total. The Bertz CT molecular complexity index is 1240. The van der Waals surface area contributed by atoms with E-state index in [2.05, 4.69) is 5.32 Å². The number of hydrogen-bond donors (Lipinski definition) is 1. The molecule has 0 aliphatic heterocycles. The lowest BCUT2D eigenvalue weighted by Gasteiger charge is -2.18. The largest absolute Gasteiger partial charge is 0.482 e. The monoisotopic (exact) mass is 478 g/mol. The van der Waals surface area contributed by atoms with Crippen molar-refractivity contribution in [2.45, 2.75) is 39.5 Å². The first kappa shape index (κ1) is 24.3. The molecule has 0 atom stereocenters. The lowest BCUT2D eigenvalue weighted by molar-refractivity contribution is -0.153. The molecular formula is C27H30N2O6. The second kappa shape index (κ2) is 10.6. The minimum Gasteiger partial charge on any atom is -0.482 e. The molecular weight excluding hydrogens is 448 g/mol. The second-order valence-corrected chi connectivity index (χ2v) is 8.88. The van der Waals surface area contributed by atoms with Crippen LogP contribution in [-0.2, 0) is 32.0 Å². The minimum atomic E-state index is -0.666. The van der Waals surface area contributed by atoms with E-state index in [1.165, 1.54) is 17.5 Å². The zero-order chi connectivity index (χ0) is 24.9. The van der Waals surface area contributed by atoms with Gasteiger partial charge in [-0.2, -0.15) is 0 Å². The summed E-state index contributed by atoms with van der Waals surface area (Å²) in [7, 11) is 1.48. The van der Waals surface area contributed by atoms with Gasteiger partial charge in [0.05, 0.1) is 6.54 Å². The summed E-state index contributed by atoms with van der Waals surface area (Å²) in [5, 5.41) is 3.85. The van der Waals surface area contributed by atoms with E-state index in [0.29, 0.717) is 5.75 Å². The van der Waals surface area contributed by atoms with Crippen LogP contribution in [0.15, 0.2) is 40.8 Å². The Kier molecular flexibility index (Phi) is 7.39. The molecule has 0 spiro atoms. The van der Waals surface area contributed by atoms with Gasteiger partial charge < -0.3 is 24.1 Å². The smallest absolute Gasteiger partial charge is 0.344 e. The number of anilines is 1. The summed E-state index contributed by atoms with van der Waals surface area (Å²) in [6.07, 6.45) is 4.19. The van der Waals surface area contributed by atoms with E-state index in [4.69, 9.17) is 13.9 Å². The molecule has 1 aliphatic rings. The molecule has 1 aromatic heterocycles. The van der Waals surface area contributed by atoms with Gasteiger partial charge in [0.1, 0.15) is 17.1 Å². The van der Waals surface area contributed by atoms with Crippen molar-refractivity contribution in [3.63, 3.8) is 0 Å². The molecule has 1 heterocycles. The van der Waals surface area contributed by atoms with Crippen molar-refractivity contribution in [3.05, 3.63) is 58.8 Å². The van der Waals surface area contributed by atoms with Crippen LogP contribution in [0.2, 0.25) is 0 Å². The fourth-order valence-corrected chi connectivity index (χ4v) is 4.26. The number of hydrogen-bond acceptors (Lipinski definition) is 6. The first-order valence-corrected chi connectivity index (χ1v) is 11.7. The predicted molar refractivity (Wildman–Crippen MR) is 131 cm³/mol. The lowest BCUT2D eigenvalue weighted by atomic mass is 9.96. The quantitative estimate of drug-likeness (QED) is 0.493. The number of carbonyl (C=O) groups is 3. The van der Waals surface area contributed by atoms with Crippen LogP contribution in [0.5, 0.6) is 5.75 Å². The number of ether oxygens (including phenoxy) is 2. The molecule has 0 unspecified atom stereocenters. The zero-order valence-corrected chi connectivity index (χ0v) is 20.3. The number of amides is 2. The van der Waals surface area contributed by atoms with Crippen LogP contribution in [0.3, 0.4) is 0 Å². The fraction of sp³-hybridized carbons (Fsp3) is 0.370.